The normalized spacial score (nSPS) is 12.4. The Bertz CT molecular complexity index is 1600. The second-order valence-corrected chi connectivity index (χ2v) is 8.57. The molecule has 0 aliphatic rings. The number of benzene rings is 2. The Morgan fingerprint density at radius 2 is 2.03 bits per heavy atom. The topological polar surface area (TPSA) is 89.9 Å². The largest absolute Gasteiger partial charge is 0.496 e. The summed E-state index contributed by atoms with van der Waals surface area (Å²) in [5.74, 6) is -0.143. The molecule has 0 saturated heterocycles. The van der Waals surface area contributed by atoms with Crippen LogP contribution in [-0.2, 0) is 13.5 Å². The molecule has 0 spiro atoms. The average Bonchev–Trinajstić information content (AvgIpc) is 3.41. The lowest BCUT2D eigenvalue weighted by Crippen LogP contribution is -2.31. The van der Waals surface area contributed by atoms with Gasteiger partial charge < -0.3 is 4.74 Å². The molecule has 4 rings (SSSR count). The summed E-state index contributed by atoms with van der Waals surface area (Å²) in [5, 5.41) is 14.2. The van der Waals surface area contributed by atoms with E-state index in [0.717, 1.165) is 28.9 Å². The molecule has 0 aliphatic heterocycles. The van der Waals surface area contributed by atoms with Crippen molar-refractivity contribution in [2.75, 3.05) is 7.11 Å². The molecule has 2 aromatic carbocycles. The monoisotopic (exact) mass is 470 g/mol. The number of aryl methyl sites for hydroxylation is 2. The molecular weight excluding hydrogens is 448 g/mol. The molecule has 2 heterocycles. The smallest absolute Gasteiger partial charge is 0.273 e. The molecule has 0 unspecified atom stereocenters. The quantitative estimate of drug-likeness (QED) is 0.404. The van der Waals surface area contributed by atoms with E-state index in [2.05, 4.69) is 5.10 Å². The van der Waals surface area contributed by atoms with E-state index >= 15 is 0 Å². The Morgan fingerprint density at radius 1 is 1.24 bits per heavy atom. The molecule has 170 valence electrons. The number of thiazole rings is 1. The SMILES string of the molecule is CCc1cccc(-n2c(=O)/c(=C\c3cnn(C)c3)s/c2=C(/C#N)C(=O)c2ccccc2OC)c1. The molecule has 8 heteroatoms. The van der Waals surface area contributed by atoms with Crippen LogP contribution >= 0.6 is 11.3 Å². The van der Waals surface area contributed by atoms with Gasteiger partial charge in [-0.15, -0.1) is 11.3 Å². The third-order valence-corrected chi connectivity index (χ3v) is 6.42. The van der Waals surface area contributed by atoms with E-state index in [-0.39, 0.29) is 21.4 Å². The number of Topliss-reactive ketones (excluding diaryl/α,β-unsaturated/α-hetero) is 1. The maximum atomic E-state index is 13.6. The minimum Gasteiger partial charge on any atom is -0.496 e. The van der Waals surface area contributed by atoms with Crippen LogP contribution in [0.15, 0.2) is 65.7 Å². The molecule has 0 saturated carbocycles. The molecule has 7 nitrogen and oxygen atoms in total. The third-order valence-electron chi connectivity index (χ3n) is 5.33. The highest BCUT2D eigenvalue weighted by Gasteiger charge is 2.21. The van der Waals surface area contributed by atoms with Gasteiger partial charge in [-0.05, 0) is 42.3 Å². The molecule has 0 N–H and O–H groups in total. The van der Waals surface area contributed by atoms with E-state index < -0.39 is 5.78 Å². The summed E-state index contributed by atoms with van der Waals surface area (Å²) in [6.45, 7) is 2.02. The fraction of sp³-hybridized carbons (Fsp3) is 0.154. The van der Waals surface area contributed by atoms with Crippen molar-refractivity contribution in [3.63, 3.8) is 0 Å². The predicted octanol–water partition coefficient (Wildman–Crippen LogP) is 2.59. The summed E-state index contributed by atoms with van der Waals surface area (Å²) >= 11 is 1.10. The highest BCUT2D eigenvalue weighted by molar-refractivity contribution is 7.07. The summed E-state index contributed by atoms with van der Waals surface area (Å²) in [6, 6.07) is 16.3. The first kappa shape index (κ1) is 23.0. The van der Waals surface area contributed by atoms with Crippen molar-refractivity contribution in [2.24, 2.45) is 7.05 Å². The first-order valence-corrected chi connectivity index (χ1v) is 11.4. The molecule has 0 fully saturated rings. The van der Waals surface area contributed by atoms with Crippen LogP contribution in [0, 0.1) is 11.3 Å². The van der Waals surface area contributed by atoms with Crippen LogP contribution in [0.5, 0.6) is 5.75 Å². The number of ketones is 1. The summed E-state index contributed by atoms with van der Waals surface area (Å²) in [5.41, 5.74) is 2.21. The number of methoxy groups -OCH3 is 1. The standard InChI is InChI=1S/C26H22N4O3S/c1-4-17-8-7-9-19(12-17)30-25(32)23(13-18-15-28-29(2)16-18)34-26(30)21(14-27)24(31)20-10-5-6-11-22(20)33-3/h5-13,15-16H,4H2,1-3H3/b23-13+,26-21-. The summed E-state index contributed by atoms with van der Waals surface area (Å²) < 4.78 is 9.08. The number of nitriles is 1. The molecule has 34 heavy (non-hydrogen) atoms. The van der Waals surface area contributed by atoms with Crippen LogP contribution in [0.2, 0.25) is 0 Å². The van der Waals surface area contributed by atoms with E-state index in [1.54, 1.807) is 60.5 Å². The highest BCUT2D eigenvalue weighted by atomic mass is 32.1. The van der Waals surface area contributed by atoms with Gasteiger partial charge in [0.2, 0.25) is 5.78 Å². The Balaban J connectivity index is 2.07. The zero-order valence-electron chi connectivity index (χ0n) is 19.0. The minimum absolute atomic E-state index is 0.126. The van der Waals surface area contributed by atoms with Gasteiger partial charge >= 0.3 is 0 Å². The van der Waals surface area contributed by atoms with Crippen LogP contribution in [0.25, 0.3) is 17.3 Å². The summed E-state index contributed by atoms with van der Waals surface area (Å²) in [7, 11) is 3.26. The number of rotatable bonds is 6. The van der Waals surface area contributed by atoms with Crippen LogP contribution in [0.1, 0.15) is 28.4 Å². The lowest BCUT2D eigenvalue weighted by Gasteiger charge is -2.08. The van der Waals surface area contributed by atoms with Crippen molar-refractivity contribution < 1.29 is 9.53 Å². The van der Waals surface area contributed by atoms with E-state index in [4.69, 9.17) is 4.74 Å². The van der Waals surface area contributed by atoms with Gasteiger partial charge in [-0.3, -0.25) is 18.8 Å². The van der Waals surface area contributed by atoms with Gasteiger partial charge in [0.05, 0.1) is 29.1 Å². The van der Waals surface area contributed by atoms with Crippen LogP contribution in [0.3, 0.4) is 0 Å². The van der Waals surface area contributed by atoms with Gasteiger partial charge in [0.25, 0.3) is 5.56 Å². The molecule has 4 aromatic rings. The van der Waals surface area contributed by atoms with Crippen molar-refractivity contribution >= 4 is 28.8 Å². The predicted molar refractivity (Wildman–Crippen MR) is 132 cm³/mol. The maximum absolute atomic E-state index is 13.6. The Hall–Kier alpha value is -4.22. The Kier molecular flexibility index (Phi) is 6.57. The molecule has 0 aliphatic carbocycles. The number of hydrogen-bond acceptors (Lipinski definition) is 6. The average molecular weight is 471 g/mol. The maximum Gasteiger partial charge on any atom is 0.273 e. The number of carbonyl (C=O) groups excluding carboxylic acids is 1. The second-order valence-electron chi connectivity index (χ2n) is 7.54. The molecule has 2 aromatic heterocycles. The number of aromatic nitrogens is 3. The molecule has 0 atom stereocenters. The van der Waals surface area contributed by atoms with E-state index in [0.29, 0.717) is 16.0 Å². The molecular formula is C26H22N4O3S. The number of carbonyl (C=O) groups is 1. The van der Waals surface area contributed by atoms with Crippen molar-refractivity contribution in [1.29, 1.82) is 5.26 Å². The fourth-order valence-corrected chi connectivity index (χ4v) is 4.73. The van der Waals surface area contributed by atoms with Crippen LogP contribution in [0.4, 0.5) is 0 Å². The number of para-hydroxylation sites is 1. The fourth-order valence-electron chi connectivity index (χ4n) is 3.63. The van der Waals surface area contributed by atoms with Gasteiger partial charge in [-0.1, -0.05) is 31.2 Å². The molecule has 0 radical (unpaired) electrons. The minimum atomic E-state index is -0.505. The Morgan fingerprint density at radius 3 is 2.71 bits per heavy atom. The lowest BCUT2D eigenvalue weighted by molar-refractivity contribution is 0.105. The van der Waals surface area contributed by atoms with E-state index in [9.17, 15) is 14.9 Å². The molecule has 0 bridgehead atoms. The zero-order chi connectivity index (χ0) is 24.2. The van der Waals surface area contributed by atoms with E-state index in [1.165, 1.54) is 11.7 Å². The number of nitrogens with zero attached hydrogens (tertiary/aromatic N) is 4. The Labute approximate surface area is 200 Å². The number of ether oxygens (including phenoxy) is 1. The van der Waals surface area contributed by atoms with Crippen molar-refractivity contribution in [3.8, 4) is 17.5 Å². The number of hydrogen-bond donors (Lipinski definition) is 0. The zero-order valence-corrected chi connectivity index (χ0v) is 19.8. The van der Waals surface area contributed by atoms with Gasteiger partial charge in [-0.2, -0.15) is 10.4 Å². The molecule has 0 amide bonds. The van der Waals surface area contributed by atoms with Gasteiger partial charge in [0, 0.05) is 18.8 Å². The van der Waals surface area contributed by atoms with Crippen molar-refractivity contribution in [3.05, 3.63) is 97.2 Å². The van der Waals surface area contributed by atoms with Crippen LogP contribution in [-0.4, -0.2) is 27.2 Å². The van der Waals surface area contributed by atoms with Crippen LogP contribution < -0.4 is 19.5 Å². The van der Waals surface area contributed by atoms with Crippen molar-refractivity contribution in [1.82, 2.24) is 14.3 Å². The van der Waals surface area contributed by atoms with Gasteiger partial charge in [-0.25, -0.2) is 0 Å². The van der Waals surface area contributed by atoms with Gasteiger partial charge in [0.1, 0.15) is 22.1 Å². The third kappa shape index (κ3) is 4.34. The second kappa shape index (κ2) is 9.73. The first-order chi connectivity index (χ1) is 16.5. The first-order valence-electron chi connectivity index (χ1n) is 10.6. The summed E-state index contributed by atoms with van der Waals surface area (Å²) in [6.07, 6.45) is 5.93. The lowest BCUT2D eigenvalue weighted by atomic mass is 10.0. The highest BCUT2D eigenvalue weighted by Crippen LogP contribution is 2.21. The van der Waals surface area contributed by atoms with E-state index in [1.807, 2.05) is 31.2 Å². The summed E-state index contributed by atoms with van der Waals surface area (Å²) in [4.78, 5) is 27.0. The van der Waals surface area contributed by atoms with Crippen molar-refractivity contribution in [2.45, 2.75) is 13.3 Å². The van der Waals surface area contributed by atoms with Gasteiger partial charge in [0.15, 0.2) is 0 Å².